The molecule has 0 aromatic carbocycles. The van der Waals surface area contributed by atoms with Crippen molar-refractivity contribution in [2.75, 3.05) is 19.8 Å². The van der Waals surface area contributed by atoms with Gasteiger partial charge in [0.25, 0.3) is 7.82 Å². The molecule has 11 N–H and O–H groups in total. The van der Waals surface area contributed by atoms with E-state index in [4.69, 9.17) is 23.3 Å². The summed E-state index contributed by atoms with van der Waals surface area (Å²) in [5.41, 5.74) is 3.61. The second-order valence-electron chi connectivity index (χ2n) is 15.2. The van der Waals surface area contributed by atoms with Crippen LogP contribution in [0.3, 0.4) is 0 Å². The monoisotopic (exact) mass is 829 g/mol. The fourth-order valence-corrected chi connectivity index (χ4v) is 7.86. The molecule has 0 aromatic rings. The van der Waals surface area contributed by atoms with Crippen LogP contribution in [0.2, 0.25) is 0 Å². The van der Waals surface area contributed by atoms with E-state index in [9.17, 15) is 55.1 Å². The van der Waals surface area contributed by atoms with Crippen molar-refractivity contribution < 1.29 is 84.1 Å². The second kappa shape index (κ2) is 28.4. The molecule has 2 rings (SSSR count). The molecule has 0 spiro atoms. The largest absolute Gasteiger partial charge is 0.756 e. The number of hydrogen-bond acceptors (Lipinski definition) is 16. The average Bonchev–Trinajstić information content (AvgIpc) is 3.18. The third-order valence-electron chi connectivity index (χ3n) is 10.4. The molecule has 1 saturated carbocycles. The van der Waals surface area contributed by atoms with Crippen molar-refractivity contribution in [1.29, 1.82) is 0 Å². The number of quaternary nitrogens is 1. The fraction of sp³-hybridized carbons (Fsp3) is 0.921. The third kappa shape index (κ3) is 18.9. The Labute approximate surface area is 331 Å². The lowest BCUT2D eigenvalue weighted by Gasteiger charge is -2.47. The number of aliphatic hydroxyl groups is 8. The summed E-state index contributed by atoms with van der Waals surface area (Å²) in [5.74, 6) is -0.563. The summed E-state index contributed by atoms with van der Waals surface area (Å²) >= 11 is 0. The number of rotatable bonds is 30. The summed E-state index contributed by atoms with van der Waals surface area (Å²) in [6, 6.07) is -1.26. The Balaban J connectivity index is 1.59. The predicted octanol–water partition coefficient (Wildman–Crippen LogP) is 0.641. The fourth-order valence-electron chi connectivity index (χ4n) is 6.90. The molecular formula is C38H72NO16P. The molecule has 18 heteroatoms. The molecule has 1 saturated heterocycles. The summed E-state index contributed by atoms with van der Waals surface area (Å²) in [6.07, 6.45) is 6.11. The minimum atomic E-state index is -5.45. The van der Waals surface area contributed by atoms with Crippen LogP contribution in [-0.4, -0.2) is 140 Å². The minimum absolute atomic E-state index is 0.138. The van der Waals surface area contributed by atoms with E-state index >= 15 is 0 Å². The van der Waals surface area contributed by atoms with Gasteiger partial charge in [-0.15, -0.1) is 0 Å². The lowest BCUT2D eigenvalue weighted by atomic mass is 9.84. The van der Waals surface area contributed by atoms with Crippen LogP contribution in [0.15, 0.2) is 12.2 Å². The van der Waals surface area contributed by atoms with Crippen LogP contribution in [-0.2, 0) is 32.6 Å². The Bertz CT molecular complexity index is 1120. The van der Waals surface area contributed by atoms with Gasteiger partial charge in [0, 0.05) is 6.42 Å². The molecule has 0 bridgehead atoms. The number of hydrogen-bond donors (Lipinski definition) is 9. The van der Waals surface area contributed by atoms with Crippen molar-refractivity contribution in [3.8, 4) is 0 Å². The number of carbonyl (C=O) groups excluding carboxylic acids is 1. The maximum Gasteiger partial charge on any atom is 0.305 e. The maximum absolute atomic E-state index is 12.7. The number of allylic oxidation sites excluding steroid dienone is 2. The van der Waals surface area contributed by atoms with Gasteiger partial charge in [0.15, 0.2) is 6.04 Å². The van der Waals surface area contributed by atoms with Crippen molar-refractivity contribution in [3.05, 3.63) is 12.2 Å². The molecule has 0 amide bonds. The van der Waals surface area contributed by atoms with E-state index in [1.54, 1.807) is 0 Å². The minimum Gasteiger partial charge on any atom is -0.756 e. The van der Waals surface area contributed by atoms with E-state index in [0.29, 0.717) is 6.42 Å². The molecule has 330 valence electrons. The zero-order valence-electron chi connectivity index (χ0n) is 33.1. The van der Waals surface area contributed by atoms with Crippen LogP contribution in [0.4, 0.5) is 0 Å². The van der Waals surface area contributed by atoms with Gasteiger partial charge in [-0.1, -0.05) is 108 Å². The Kier molecular flexibility index (Phi) is 25.8. The zero-order chi connectivity index (χ0) is 41.5. The third-order valence-corrected chi connectivity index (χ3v) is 11.4. The number of carbonyl (C=O) groups is 1. The molecule has 1 aliphatic heterocycles. The number of unbranched alkanes of at least 4 members (excludes halogenated alkanes) is 17. The van der Waals surface area contributed by atoms with E-state index in [0.717, 1.165) is 19.3 Å². The SMILES string of the molecule is C/C=C\CCCCCCCCCCCCCCCCCCCC(=O)OC[C@@H](O)COP(=O)([O-])O[C@@H]1[C@H](O)[C@H](O)[C@@H](O)[C@H](O)[C@H]1O[C@H]1O[C@H](CO)[C@@H](O)[C@H](O)[C@H]1[NH3+]. The first-order valence-corrected chi connectivity index (χ1v) is 22.1. The first-order valence-electron chi connectivity index (χ1n) is 20.7. The molecule has 2 fully saturated rings. The number of phosphoric acid groups is 1. The molecule has 13 atom stereocenters. The van der Waals surface area contributed by atoms with Gasteiger partial charge in [-0.05, 0) is 26.2 Å². The predicted molar refractivity (Wildman–Crippen MR) is 201 cm³/mol. The summed E-state index contributed by atoms with van der Waals surface area (Å²) in [6.45, 7) is -0.170. The van der Waals surface area contributed by atoms with Gasteiger partial charge in [0.05, 0.1) is 13.2 Å². The summed E-state index contributed by atoms with van der Waals surface area (Å²) in [7, 11) is -5.45. The molecule has 2 aliphatic rings. The summed E-state index contributed by atoms with van der Waals surface area (Å²) in [5, 5.41) is 81.6. The molecule has 1 heterocycles. The number of ether oxygens (including phenoxy) is 3. The lowest BCUT2D eigenvalue weighted by molar-refractivity contribution is -0.506. The highest BCUT2D eigenvalue weighted by atomic mass is 31.2. The quantitative estimate of drug-likeness (QED) is 0.0208. The van der Waals surface area contributed by atoms with Crippen LogP contribution in [0.1, 0.15) is 129 Å². The van der Waals surface area contributed by atoms with E-state index in [1.165, 1.54) is 89.9 Å². The Morgan fingerprint density at radius 1 is 0.732 bits per heavy atom. The number of phosphoric ester groups is 1. The van der Waals surface area contributed by atoms with Gasteiger partial charge in [0.1, 0.15) is 67.6 Å². The highest BCUT2D eigenvalue weighted by Crippen LogP contribution is 2.44. The van der Waals surface area contributed by atoms with Crippen LogP contribution in [0.5, 0.6) is 0 Å². The Morgan fingerprint density at radius 3 is 1.71 bits per heavy atom. The van der Waals surface area contributed by atoms with E-state index in [2.05, 4.69) is 24.8 Å². The van der Waals surface area contributed by atoms with Gasteiger partial charge in [0.2, 0.25) is 6.29 Å². The van der Waals surface area contributed by atoms with E-state index in [-0.39, 0.29) is 6.42 Å². The van der Waals surface area contributed by atoms with Gasteiger partial charge in [-0.25, -0.2) is 0 Å². The van der Waals surface area contributed by atoms with Crippen molar-refractivity contribution >= 4 is 13.8 Å². The van der Waals surface area contributed by atoms with Crippen molar-refractivity contribution in [1.82, 2.24) is 0 Å². The number of esters is 1. The highest BCUT2D eigenvalue weighted by Gasteiger charge is 2.55. The highest BCUT2D eigenvalue weighted by molar-refractivity contribution is 7.45. The first-order chi connectivity index (χ1) is 26.7. The van der Waals surface area contributed by atoms with Gasteiger partial charge in [-0.2, -0.15) is 0 Å². The Hall–Kier alpha value is -1.12. The van der Waals surface area contributed by atoms with Gasteiger partial charge < -0.3 is 74.7 Å². The topological polar surface area (TPSA) is 293 Å². The molecule has 17 nitrogen and oxygen atoms in total. The molecule has 1 unspecified atom stereocenters. The van der Waals surface area contributed by atoms with Crippen molar-refractivity contribution in [2.45, 2.75) is 202 Å². The van der Waals surface area contributed by atoms with E-state index < -0.39 is 107 Å². The Morgan fingerprint density at radius 2 is 1.21 bits per heavy atom. The summed E-state index contributed by atoms with van der Waals surface area (Å²) < 4.78 is 38.3. The van der Waals surface area contributed by atoms with Gasteiger partial charge >= 0.3 is 5.97 Å². The molecule has 1 aliphatic carbocycles. The van der Waals surface area contributed by atoms with Crippen LogP contribution < -0.4 is 10.6 Å². The molecule has 0 radical (unpaired) electrons. The van der Waals surface area contributed by atoms with Crippen LogP contribution in [0, 0.1) is 0 Å². The summed E-state index contributed by atoms with van der Waals surface area (Å²) in [4.78, 5) is 24.8. The van der Waals surface area contributed by atoms with Crippen LogP contribution in [0.25, 0.3) is 0 Å². The van der Waals surface area contributed by atoms with Gasteiger partial charge in [-0.3, -0.25) is 9.36 Å². The normalized spacial score (nSPS) is 31.4. The first kappa shape index (κ1) is 51.0. The van der Waals surface area contributed by atoms with Crippen molar-refractivity contribution in [3.63, 3.8) is 0 Å². The lowest BCUT2D eigenvalue weighted by Crippen LogP contribution is -2.79. The van der Waals surface area contributed by atoms with Crippen LogP contribution >= 0.6 is 7.82 Å². The van der Waals surface area contributed by atoms with Crippen molar-refractivity contribution in [2.24, 2.45) is 0 Å². The number of aliphatic hydroxyl groups excluding tert-OH is 8. The zero-order valence-corrected chi connectivity index (χ0v) is 34.0. The molecule has 56 heavy (non-hydrogen) atoms. The second-order valence-corrected chi connectivity index (χ2v) is 16.6. The molecular weight excluding hydrogens is 757 g/mol. The average molecular weight is 830 g/mol. The van der Waals surface area contributed by atoms with E-state index in [1.807, 2.05) is 0 Å². The smallest absolute Gasteiger partial charge is 0.305 e. The molecule has 0 aromatic heterocycles. The maximum atomic E-state index is 12.7. The standard InChI is InChI=1S/C38H72NO16P/c1-2-3-4-5-6-7-8-9-10-11-12-13-14-15-16-17-18-19-20-21-22-28(42)51-24-26(41)25-52-56(49,50)55-37-35(48)33(46)32(45)34(47)36(37)54-38-29(39)31(44)30(43)27(23-40)53-38/h2-3,26-27,29-38,40-41,43-48H,4-25,39H2,1H3,(H,49,50)/b3-2-/t26-,27-,29-,30-,31-,32-,33-,34+,35-,36-,37-,38-/m1/s1.